The molecule has 0 bridgehead atoms. The molecule has 0 aliphatic carbocycles. The van der Waals surface area contributed by atoms with Gasteiger partial charge in [0.25, 0.3) is 11.8 Å². The van der Waals surface area contributed by atoms with Crippen molar-refractivity contribution in [3.8, 4) is 0 Å². The number of anilines is 2. The third kappa shape index (κ3) is 4.86. The van der Waals surface area contributed by atoms with E-state index in [1.54, 1.807) is 41.3 Å². The van der Waals surface area contributed by atoms with Crippen molar-refractivity contribution < 1.29 is 14.4 Å². The monoisotopic (exact) mass is 427 g/mol. The Morgan fingerprint density at radius 1 is 0.906 bits per heavy atom. The zero-order valence-corrected chi connectivity index (χ0v) is 17.9. The topological polar surface area (TPSA) is 78.5 Å². The number of rotatable bonds is 6. The number of amides is 3. The second kappa shape index (κ2) is 9.47. The highest BCUT2D eigenvalue weighted by atomic mass is 16.2. The summed E-state index contributed by atoms with van der Waals surface area (Å²) in [7, 11) is 0. The minimum absolute atomic E-state index is 0.153. The molecule has 0 radical (unpaired) electrons. The summed E-state index contributed by atoms with van der Waals surface area (Å²) in [6.45, 7) is 3.01. The molecule has 0 unspecified atom stereocenters. The summed E-state index contributed by atoms with van der Waals surface area (Å²) in [5.74, 6) is -0.289. The van der Waals surface area contributed by atoms with Crippen LogP contribution < -0.4 is 15.5 Å². The molecular weight excluding hydrogens is 402 g/mol. The van der Waals surface area contributed by atoms with Crippen LogP contribution in [0.15, 0.2) is 72.8 Å². The molecule has 3 aromatic carbocycles. The van der Waals surface area contributed by atoms with Gasteiger partial charge in [0.15, 0.2) is 0 Å². The van der Waals surface area contributed by atoms with E-state index in [9.17, 15) is 14.4 Å². The van der Waals surface area contributed by atoms with Crippen LogP contribution in [0.1, 0.15) is 44.7 Å². The third-order valence-corrected chi connectivity index (χ3v) is 5.56. The Labute approximate surface area is 187 Å². The first-order valence-corrected chi connectivity index (χ1v) is 10.7. The summed E-state index contributed by atoms with van der Waals surface area (Å²) in [5, 5.41) is 5.79. The minimum atomic E-state index is -0.223. The van der Waals surface area contributed by atoms with Crippen LogP contribution >= 0.6 is 0 Å². The lowest BCUT2D eigenvalue weighted by atomic mass is 10.1. The number of benzene rings is 3. The van der Waals surface area contributed by atoms with Crippen LogP contribution in [0, 0.1) is 6.92 Å². The number of hydrogen-bond donors (Lipinski definition) is 2. The number of carbonyl (C=O) groups excluding carboxylic acids is 3. The maximum absolute atomic E-state index is 12.7. The van der Waals surface area contributed by atoms with Crippen LogP contribution in [0.5, 0.6) is 0 Å². The highest BCUT2D eigenvalue weighted by Crippen LogP contribution is 2.22. The molecule has 1 aliphatic rings. The second-order valence-electron chi connectivity index (χ2n) is 7.85. The first kappa shape index (κ1) is 21.3. The lowest BCUT2D eigenvalue weighted by molar-refractivity contribution is -0.117. The average Bonchev–Trinajstić information content (AvgIpc) is 3.25. The van der Waals surface area contributed by atoms with Gasteiger partial charge in [-0.2, -0.15) is 0 Å². The predicted octanol–water partition coefficient (Wildman–Crippen LogP) is 4.30. The number of carbonyl (C=O) groups is 3. The molecule has 0 atom stereocenters. The summed E-state index contributed by atoms with van der Waals surface area (Å²) in [6, 6.07) is 21.9. The molecule has 3 amide bonds. The quantitative estimate of drug-likeness (QED) is 0.616. The van der Waals surface area contributed by atoms with E-state index >= 15 is 0 Å². The molecule has 4 rings (SSSR count). The molecule has 1 heterocycles. The lowest BCUT2D eigenvalue weighted by Gasteiger charge is -2.16. The van der Waals surface area contributed by atoms with E-state index in [0.29, 0.717) is 29.8 Å². The van der Waals surface area contributed by atoms with Crippen molar-refractivity contribution in [2.45, 2.75) is 26.3 Å². The van der Waals surface area contributed by atoms with Crippen LogP contribution in [0.4, 0.5) is 11.4 Å². The summed E-state index contributed by atoms with van der Waals surface area (Å²) in [5.41, 5.74) is 4.33. The molecule has 1 fully saturated rings. The van der Waals surface area contributed by atoms with Crippen molar-refractivity contribution in [3.63, 3.8) is 0 Å². The van der Waals surface area contributed by atoms with Gasteiger partial charge in [-0.25, -0.2) is 0 Å². The van der Waals surface area contributed by atoms with E-state index in [1.807, 2.05) is 43.3 Å². The Hall–Kier alpha value is -3.93. The second-order valence-corrected chi connectivity index (χ2v) is 7.85. The van der Waals surface area contributed by atoms with Crippen LogP contribution in [-0.4, -0.2) is 24.3 Å². The molecular formula is C26H25N3O3. The Morgan fingerprint density at radius 3 is 2.34 bits per heavy atom. The fourth-order valence-electron chi connectivity index (χ4n) is 3.68. The smallest absolute Gasteiger partial charge is 0.255 e. The number of hydrogen-bond acceptors (Lipinski definition) is 3. The first-order chi connectivity index (χ1) is 15.5. The van der Waals surface area contributed by atoms with Crippen LogP contribution in [0.2, 0.25) is 0 Å². The summed E-state index contributed by atoms with van der Waals surface area (Å²) < 4.78 is 0. The van der Waals surface area contributed by atoms with E-state index in [1.165, 1.54) is 0 Å². The van der Waals surface area contributed by atoms with Crippen molar-refractivity contribution in [1.82, 2.24) is 5.32 Å². The molecule has 3 aromatic rings. The van der Waals surface area contributed by atoms with Gasteiger partial charge in [-0.05, 0) is 60.9 Å². The van der Waals surface area contributed by atoms with Crippen LogP contribution in [0.25, 0.3) is 0 Å². The van der Waals surface area contributed by atoms with Gasteiger partial charge in [0.05, 0.1) is 0 Å². The molecule has 0 aromatic heterocycles. The van der Waals surface area contributed by atoms with Gasteiger partial charge in [0, 0.05) is 42.0 Å². The molecule has 6 heteroatoms. The minimum Gasteiger partial charge on any atom is -0.348 e. The normalized spacial score (nSPS) is 13.2. The van der Waals surface area contributed by atoms with E-state index in [2.05, 4.69) is 10.6 Å². The molecule has 1 saturated heterocycles. The van der Waals surface area contributed by atoms with Crippen molar-refractivity contribution in [2.24, 2.45) is 0 Å². The zero-order chi connectivity index (χ0) is 22.5. The maximum Gasteiger partial charge on any atom is 0.255 e. The fourth-order valence-corrected chi connectivity index (χ4v) is 3.68. The highest BCUT2D eigenvalue weighted by Gasteiger charge is 2.21. The van der Waals surface area contributed by atoms with Gasteiger partial charge < -0.3 is 15.5 Å². The van der Waals surface area contributed by atoms with Gasteiger partial charge in [0.2, 0.25) is 5.91 Å². The highest BCUT2D eigenvalue weighted by molar-refractivity contribution is 6.05. The number of nitrogens with one attached hydrogen (secondary N) is 2. The Kier molecular flexibility index (Phi) is 6.31. The van der Waals surface area contributed by atoms with Gasteiger partial charge in [-0.15, -0.1) is 0 Å². The maximum atomic E-state index is 12.7. The molecule has 0 saturated carbocycles. The van der Waals surface area contributed by atoms with Gasteiger partial charge in [-0.1, -0.05) is 36.4 Å². The fraction of sp³-hybridized carbons (Fsp3) is 0.192. The van der Waals surface area contributed by atoms with E-state index in [4.69, 9.17) is 0 Å². The standard InChI is InChI=1S/C26H25N3O3/c1-18-9-12-21(16-23(18)28-26(32)20-6-3-2-4-7-20)25(31)27-17-19-10-13-22(14-11-19)29-15-5-8-24(29)30/h2-4,6-7,9-14,16H,5,8,15,17H2,1H3,(H,27,31)(H,28,32). The molecule has 162 valence electrons. The van der Waals surface area contributed by atoms with Gasteiger partial charge >= 0.3 is 0 Å². The first-order valence-electron chi connectivity index (χ1n) is 10.7. The average molecular weight is 428 g/mol. The van der Waals surface area contributed by atoms with Crippen LogP contribution in [-0.2, 0) is 11.3 Å². The lowest BCUT2D eigenvalue weighted by Crippen LogP contribution is -2.24. The summed E-state index contributed by atoms with van der Waals surface area (Å²) in [6.07, 6.45) is 1.49. The Morgan fingerprint density at radius 2 is 1.66 bits per heavy atom. The summed E-state index contributed by atoms with van der Waals surface area (Å²) >= 11 is 0. The molecule has 6 nitrogen and oxygen atoms in total. The van der Waals surface area contributed by atoms with Gasteiger partial charge in [0.1, 0.15) is 0 Å². The van der Waals surface area contributed by atoms with Crippen molar-refractivity contribution in [3.05, 3.63) is 95.1 Å². The van der Waals surface area contributed by atoms with E-state index in [0.717, 1.165) is 29.8 Å². The third-order valence-electron chi connectivity index (χ3n) is 5.56. The zero-order valence-electron chi connectivity index (χ0n) is 17.9. The largest absolute Gasteiger partial charge is 0.348 e. The van der Waals surface area contributed by atoms with Crippen LogP contribution in [0.3, 0.4) is 0 Å². The number of aryl methyl sites for hydroxylation is 1. The molecule has 2 N–H and O–H groups in total. The van der Waals surface area contributed by atoms with Crippen molar-refractivity contribution in [2.75, 3.05) is 16.8 Å². The van der Waals surface area contributed by atoms with Gasteiger partial charge in [-0.3, -0.25) is 14.4 Å². The SMILES string of the molecule is Cc1ccc(C(=O)NCc2ccc(N3CCCC3=O)cc2)cc1NC(=O)c1ccccc1. The molecule has 32 heavy (non-hydrogen) atoms. The molecule has 0 spiro atoms. The summed E-state index contributed by atoms with van der Waals surface area (Å²) in [4.78, 5) is 38.8. The van der Waals surface area contributed by atoms with Crippen molar-refractivity contribution >= 4 is 29.1 Å². The number of nitrogens with zero attached hydrogens (tertiary/aromatic N) is 1. The van der Waals surface area contributed by atoms with E-state index in [-0.39, 0.29) is 17.7 Å². The van der Waals surface area contributed by atoms with Crippen molar-refractivity contribution in [1.29, 1.82) is 0 Å². The Bertz CT molecular complexity index is 1140. The van der Waals surface area contributed by atoms with E-state index < -0.39 is 0 Å². The predicted molar refractivity (Wildman–Crippen MR) is 125 cm³/mol. The molecule has 1 aliphatic heterocycles. The Balaban J connectivity index is 1.38.